The van der Waals surface area contributed by atoms with Crippen molar-refractivity contribution in [1.29, 1.82) is 0 Å². The van der Waals surface area contributed by atoms with Crippen LogP contribution in [0.2, 0.25) is 0 Å². The minimum Gasteiger partial charge on any atom is -0.496 e. The Hall–Kier alpha value is -1.56. The summed E-state index contributed by atoms with van der Waals surface area (Å²) in [5.74, 6) is 1.07. The fraction of sp³-hybridized carbons (Fsp3) is 0.538. The number of aliphatic hydroxyl groups is 1. The summed E-state index contributed by atoms with van der Waals surface area (Å²) in [5, 5.41) is 11.6. The van der Waals surface area contributed by atoms with E-state index >= 15 is 0 Å². The number of fused-ring (bicyclic) bond motifs is 1. The molecule has 1 N–H and O–H groups in total. The number of ether oxygens (including phenoxy) is 1. The normalized spacial score (nSPS) is 20.9. The molecule has 0 fully saturated rings. The molecule has 1 aliphatic carbocycles. The molecule has 0 saturated heterocycles. The number of thioether (sulfide) groups is 1. The van der Waals surface area contributed by atoms with E-state index in [0.29, 0.717) is 12.3 Å². The van der Waals surface area contributed by atoms with Gasteiger partial charge in [-0.3, -0.25) is 0 Å². The third-order valence-corrected chi connectivity index (χ3v) is 7.45. The Kier molecular flexibility index (Phi) is 8.06. The van der Waals surface area contributed by atoms with E-state index < -0.39 is 5.60 Å². The van der Waals surface area contributed by atoms with E-state index in [-0.39, 0.29) is 11.7 Å². The summed E-state index contributed by atoms with van der Waals surface area (Å²) in [5.41, 5.74) is 2.68. The monoisotopic (exact) mass is 445 g/mol. The van der Waals surface area contributed by atoms with Gasteiger partial charge < -0.3 is 14.7 Å². The Bertz CT molecular complexity index is 888. The van der Waals surface area contributed by atoms with Crippen molar-refractivity contribution in [1.82, 2.24) is 4.90 Å². The Labute approximate surface area is 191 Å². The summed E-state index contributed by atoms with van der Waals surface area (Å²) in [6.07, 6.45) is 5.14. The quantitative estimate of drug-likeness (QED) is 0.514. The van der Waals surface area contributed by atoms with E-state index in [4.69, 9.17) is 4.74 Å². The summed E-state index contributed by atoms with van der Waals surface area (Å²) in [6.45, 7) is 6.06. The number of likely N-dealkylation sites (N-methyl/N-ethyl adjacent to an activating group) is 1. The molecule has 0 unspecified atom stereocenters. The molecule has 5 heteroatoms. The van der Waals surface area contributed by atoms with Gasteiger partial charge in [0, 0.05) is 23.9 Å². The van der Waals surface area contributed by atoms with Gasteiger partial charge in [-0.05, 0) is 85.9 Å². The van der Waals surface area contributed by atoms with Crippen LogP contribution in [0.15, 0.2) is 41.3 Å². The average Bonchev–Trinajstić information content (AvgIpc) is 2.75. The van der Waals surface area contributed by atoms with Crippen molar-refractivity contribution in [2.45, 2.75) is 55.9 Å². The van der Waals surface area contributed by atoms with Crippen LogP contribution >= 0.6 is 11.8 Å². The van der Waals surface area contributed by atoms with Gasteiger partial charge >= 0.3 is 0 Å². The molecule has 0 radical (unpaired) electrons. The van der Waals surface area contributed by atoms with E-state index in [0.717, 1.165) is 54.1 Å². The van der Waals surface area contributed by atoms with Gasteiger partial charge in [0.2, 0.25) is 0 Å². The summed E-state index contributed by atoms with van der Waals surface area (Å²) in [6, 6.07) is 11.5. The minimum absolute atomic E-state index is 0.0357. The zero-order valence-corrected chi connectivity index (χ0v) is 20.3. The van der Waals surface area contributed by atoms with Crippen molar-refractivity contribution in [2.24, 2.45) is 5.92 Å². The smallest absolute Gasteiger partial charge is 0.132 e. The van der Waals surface area contributed by atoms with E-state index in [2.05, 4.69) is 50.2 Å². The lowest BCUT2D eigenvalue weighted by Crippen LogP contribution is -2.45. The highest BCUT2D eigenvalue weighted by Crippen LogP contribution is 2.45. The number of methoxy groups -OCH3 is 1. The van der Waals surface area contributed by atoms with E-state index in [1.165, 1.54) is 11.6 Å². The fourth-order valence-electron chi connectivity index (χ4n) is 5.00. The zero-order valence-electron chi connectivity index (χ0n) is 19.5. The molecule has 0 spiro atoms. The van der Waals surface area contributed by atoms with Crippen molar-refractivity contribution in [3.8, 4) is 5.75 Å². The molecule has 2 aromatic rings. The van der Waals surface area contributed by atoms with Gasteiger partial charge in [0.15, 0.2) is 0 Å². The highest BCUT2D eigenvalue weighted by atomic mass is 32.2. The van der Waals surface area contributed by atoms with Crippen LogP contribution in [0.1, 0.15) is 49.3 Å². The summed E-state index contributed by atoms with van der Waals surface area (Å²) >= 11 is 1.69. The summed E-state index contributed by atoms with van der Waals surface area (Å²) in [4.78, 5) is 3.45. The van der Waals surface area contributed by atoms with E-state index in [9.17, 15) is 9.50 Å². The summed E-state index contributed by atoms with van der Waals surface area (Å²) < 4.78 is 19.2. The van der Waals surface area contributed by atoms with Gasteiger partial charge in [-0.2, -0.15) is 0 Å². The number of halogens is 1. The highest BCUT2D eigenvalue weighted by Gasteiger charge is 2.43. The lowest BCUT2D eigenvalue weighted by atomic mass is 9.66. The second-order valence-corrected chi connectivity index (χ2v) is 10.0. The van der Waals surface area contributed by atoms with E-state index in [1.807, 2.05) is 6.07 Å². The molecule has 2 atom stereocenters. The molecule has 3 rings (SSSR count). The third-order valence-electron chi connectivity index (χ3n) is 6.67. The maximum Gasteiger partial charge on any atom is 0.132 e. The zero-order chi connectivity index (χ0) is 22.6. The molecular weight excluding hydrogens is 409 g/mol. The molecular formula is C26H36FNO2S. The molecule has 31 heavy (non-hydrogen) atoms. The molecule has 1 aliphatic rings. The lowest BCUT2D eigenvalue weighted by Gasteiger charge is -2.44. The first kappa shape index (κ1) is 24.1. The first-order chi connectivity index (χ1) is 14.8. The van der Waals surface area contributed by atoms with Crippen LogP contribution in [-0.2, 0) is 12.8 Å². The lowest BCUT2D eigenvalue weighted by molar-refractivity contribution is -0.0300. The van der Waals surface area contributed by atoms with Crippen LogP contribution < -0.4 is 4.74 Å². The number of benzene rings is 2. The van der Waals surface area contributed by atoms with Gasteiger partial charge in [0.25, 0.3) is 0 Å². The largest absolute Gasteiger partial charge is 0.496 e. The van der Waals surface area contributed by atoms with Gasteiger partial charge in [-0.1, -0.05) is 26.0 Å². The number of hydrogen-bond acceptors (Lipinski definition) is 4. The van der Waals surface area contributed by atoms with E-state index in [1.54, 1.807) is 24.9 Å². The van der Waals surface area contributed by atoms with Crippen LogP contribution in [0.5, 0.6) is 5.75 Å². The third kappa shape index (κ3) is 5.63. The molecule has 3 nitrogen and oxygen atoms in total. The molecule has 0 bridgehead atoms. The van der Waals surface area contributed by atoms with Crippen LogP contribution in [0.25, 0.3) is 0 Å². The van der Waals surface area contributed by atoms with Gasteiger partial charge in [0.1, 0.15) is 11.6 Å². The second-order valence-electron chi connectivity index (χ2n) is 9.16. The maximum absolute atomic E-state index is 13.7. The number of aryl methyl sites for hydroxylation is 1. The molecule has 2 aromatic carbocycles. The molecule has 0 saturated carbocycles. The Morgan fingerprint density at radius 3 is 2.68 bits per heavy atom. The maximum atomic E-state index is 13.7. The SMILES string of the molecule is COc1cc(CCN(C)CC[C@@]2(O)CCc3cc(F)ccc3[C@@H]2C(C)C)ccc1SC. The van der Waals surface area contributed by atoms with Crippen molar-refractivity contribution < 1.29 is 14.2 Å². The van der Waals surface area contributed by atoms with Crippen molar-refractivity contribution in [2.75, 3.05) is 33.5 Å². The average molecular weight is 446 g/mol. The van der Waals surface area contributed by atoms with Gasteiger partial charge in [0.05, 0.1) is 12.7 Å². The number of rotatable bonds is 9. The van der Waals surface area contributed by atoms with Crippen LogP contribution in [-0.4, -0.2) is 49.1 Å². The molecule has 0 heterocycles. The van der Waals surface area contributed by atoms with Crippen molar-refractivity contribution >= 4 is 11.8 Å². The van der Waals surface area contributed by atoms with Crippen molar-refractivity contribution in [3.63, 3.8) is 0 Å². The Morgan fingerprint density at radius 1 is 1.23 bits per heavy atom. The first-order valence-electron chi connectivity index (χ1n) is 11.2. The van der Waals surface area contributed by atoms with Crippen LogP contribution in [0.4, 0.5) is 4.39 Å². The number of nitrogens with zero attached hydrogens (tertiary/aromatic N) is 1. The van der Waals surface area contributed by atoms with Gasteiger partial charge in [-0.15, -0.1) is 11.8 Å². The van der Waals surface area contributed by atoms with Crippen LogP contribution in [0.3, 0.4) is 0 Å². The van der Waals surface area contributed by atoms with Crippen molar-refractivity contribution in [3.05, 3.63) is 58.9 Å². The molecule has 0 aromatic heterocycles. The molecule has 170 valence electrons. The topological polar surface area (TPSA) is 32.7 Å². The van der Waals surface area contributed by atoms with Gasteiger partial charge in [-0.25, -0.2) is 4.39 Å². The molecule has 0 aliphatic heterocycles. The fourth-order valence-corrected chi connectivity index (χ4v) is 5.55. The first-order valence-corrected chi connectivity index (χ1v) is 12.4. The predicted octanol–water partition coefficient (Wildman–Crippen LogP) is 5.54. The van der Waals surface area contributed by atoms with Crippen LogP contribution in [0, 0.1) is 11.7 Å². The predicted molar refractivity (Wildman–Crippen MR) is 128 cm³/mol. The molecule has 0 amide bonds. The standard InChI is InChI=1S/C26H36FNO2S/c1-18(2)25-22-8-7-21(27)17-20(22)10-12-26(25,29)13-15-28(3)14-11-19-6-9-24(31-5)23(16-19)30-4/h6-9,16-18,25,29H,10-15H2,1-5H3/t25-,26-/m0/s1. The second kappa shape index (κ2) is 10.4. The number of hydrogen-bond donors (Lipinski definition) is 1. The summed E-state index contributed by atoms with van der Waals surface area (Å²) in [7, 11) is 3.83. The Morgan fingerprint density at radius 2 is 2.00 bits per heavy atom. The highest BCUT2D eigenvalue weighted by molar-refractivity contribution is 7.98. The Balaban J connectivity index is 1.62. The minimum atomic E-state index is -0.753.